The van der Waals surface area contributed by atoms with E-state index in [2.05, 4.69) is 46.4 Å². The van der Waals surface area contributed by atoms with Crippen LogP contribution in [0.4, 0.5) is 11.8 Å². The molecule has 124 valence electrons. The number of furan rings is 1. The van der Waals surface area contributed by atoms with Gasteiger partial charge in [0.1, 0.15) is 11.6 Å². The third-order valence-electron chi connectivity index (χ3n) is 3.19. The number of hydrogen-bond acceptors (Lipinski definition) is 6. The van der Waals surface area contributed by atoms with Crippen LogP contribution in [0.25, 0.3) is 11.3 Å². The second-order valence-electron chi connectivity index (χ2n) is 6.51. The Morgan fingerprint density at radius 3 is 2.67 bits per heavy atom. The lowest BCUT2D eigenvalue weighted by Gasteiger charge is -2.21. The number of pyridine rings is 1. The Bertz CT molecular complexity index is 779. The highest BCUT2D eigenvalue weighted by atomic mass is 16.3. The number of nitrogens with zero attached hydrogens (tertiary/aromatic N) is 3. The maximum Gasteiger partial charge on any atom is 0.225 e. The summed E-state index contributed by atoms with van der Waals surface area (Å²) in [5.41, 5.74) is 1.62. The third kappa shape index (κ3) is 4.32. The molecule has 3 aromatic rings. The predicted octanol–water partition coefficient (Wildman–Crippen LogP) is 3.95. The zero-order valence-electron chi connectivity index (χ0n) is 14.1. The molecule has 3 rings (SSSR count). The Kier molecular flexibility index (Phi) is 4.46. The molecule has 0 radical (unpaired) electrons. The summed E-state index contributed by atoms with van der Waals surface area (Å²) >= 11 is 0. The van der Waals surface area contributed by atoms with Crippen LogP contribution < -0.4 is 10.6 Å². The van der Waals surface area contributed by atoms with Crippen molar-refractivity contribution in [1.29, 1.82) is 0 Å². The molecule has 0 atom stereocenters. The van der Waals surface area contributed by atoms with Crippen LogP contribution in [0.3, 0.4) is 0 Å². The fraction of sp³-hybridized carbons (Fsp3) is 0.278. The van der Waals surface area contributed by atoms with Crippen LogP contribution in [-0.4, -0.2) is 20.5 Å². The first-order valence-corrected chi connectivity index (χ1v) is 7.83. The van der Waals surface area contributed by atoms with Crippen LogP contribution in [0.15, 0.2) is 53.4 Å². The lowest BCUT2D eigenvalue weighted by atomic mass is 10.1. The van der Waals surface area contributed by atoms with Crippen molar-refractivity contribution < 1.29 is 4.42 Å². The number of anilines is 2. The zero-order valence-corrected chi connectivity index (χ0v) is 14.1. The molecule has 2 N–H and O–H groups in total. The maximum absolute atomic E-state index is 5.35. The van der Waals surface area contributed by atoms with Gasteiger partial charge in [0, 0.05) is 29.6 Å². The molecule has 6 heteroatoms. The van der Waals surface area contributed by atoms with Crippen LogP contribution in [-0.2, 0) is 6.54 Å². The van der Waals surface area contributed by atoms with Crippen LogP contribution in [0.5, 0.6) is 0 Å². The summed E-state index contributed by atoms with van der Waals surface area (Å²) in [6, 6.07) is 9.57. The van der Waals surface area contributed by atoms with Crippen molar-refractivity contribution in [2.75, 3.05) is 10.6 Å². The first-order chi connectivity index (χ1) is 11.5. The summed E-state index contributed by atoms with van der Waals surface area (Å²) < 4.78 is 5.35. The van der Waals surface area contributed by atoms with Crippen molar-refractivity contribution in [2.45, 2.75) is 32.9 Å². The third-order valence-corrected chi connectivity index (χ3v) is 3.19. The first-order valence-electron chi connectivity index (χ1n) is 7.83. The van der Waals surface area contributed by atoms with Gasteiger partial charge in [0.05, 0.1) is 18.5 Å². The average Bonchev–Trinajstić information content (AvgIpc) is 3.05. The molecule has 0 unspecified atom stereocenters. The van der Waals surface area contributed by atoms with Gasteiger partial charge < -0.3 is 15.1 Å². The van der Waals surface area contributed by atoms with E-state index in [1.54, 1.807) is 18.7 Å². The minimum absolute atomic E-state index is 0.133. The highest BCUT2D eigenvalue weighted by Crippen LogP contribution is 2.22. The van der Waals surface area contributed by atoms with Crippen LogP contribution in [0, 0.1) is 0 Å². The summed E-state index contributed by atoms with van der Waals surface area (Å²) in [7, 11) is 0. The molecule has 0 fully saturated rings. The predicted molar refractivity (Wildman–Crippen MR) is 94.7 cm³/mol. The fourth-order valence-corrected chi connectivity index (χ4v) is 2.18. The van der Waals surface area contributed by atoms with Gasteiger partial charge in [-0.1, -0.05) is 0 Å². The fourth-order valence-electron chi connectivity index (χ4n) is 2.18. The highest BCUT2D eigenvalue weighted by molar-refractivity contribution is 5.63. The zero-order chi connectivity index (χ0) is 17.0. The molecule has 0 aliphatic carbocycles. The van der Waals surface area contributed by atoms with E-state index in [4.69, 9.17) is 4.42 Å². The van der Waals surface area contributed by atoms with E-state index >= 15 is 0 Å². The van der Waals surface area contributed by atoms with Gasteiger partial charge in [-0.05, 0) is 45.0 Å². The lowest BCUT2D eigenvalue weighted by Crippen LogP contribution is -2.27. The van der Waals surface area contributed by atoms with E-state index in [1.165, 1.54) is 0 Å². The van der Waals surface area contributed by atoms with E-state index in [1.807, 2.05) is 30.3 Å². The standard InChI is InChI=1S/C18H21N5O/c1-18(2,3)23-17-21-15(13-6-4-8-19-11-13)10-16(22-17)20-12-14-7-5-9-24-14/h4-11H,12H2,1-3H3,(H2,20,21,22,23). The number of rotatable bonds is 5. The Balaban J connectivity index is 1.90. The summed E-state index contributed by atoms with van der Waals surface area (Å²) in [5.74, 6) is 2.15. The molecule has 0 bridgehead atoms. The van der Waals surface area contributed by atoms with Gasteiger partial charge in [-0.15, -0.1) is 0 Å². The highest BCUT2D eigenvalue weighted by Gasteiger charge is 2.14. The number of aromatic nitrogens is 3. The van der Waals surface area contributed by atoms with Gasteiger partial charge in [-0.2, -0.15) is 4.98 Å². The van der Waals surface area contributed by atoms with Crippen molar-refractivity contribution in [2.24, 2.45) is 0 Å². The van der Waals surface area contributed by atoms with Crippen LogP contribution >= 0.6 is 0 Å². The largest absolute Gasteiger partial charge is 0.467 e. The van der Waals surface area contributed by atoms with E-state index in [0.717, 1.165) is 22.8 Å². The summed E-state index contributed by atoms with van der Waals surface area (Å²) in [6.07, 6.45) is 5.19. The average molecular weight is 323 g/mol. The van der Waals surface area contributed by atoms with Gasteiger partial charge in [0.15, 0.2) is 0 Å². The van der Waals surface area contributed by atoms with Crippen molar-refractivity contribution >= 4 is 11.8 Å². The van der Waals surface area contributed by atoms with Crippen molar-refractivity contribution in [3.63, 3.8) is 0 Å². The maximum atomic E-state index is 5.35. The summed E-state index contributed by atoms with van der Waals surface area (Å²) in [4.78, 5) is 13.3. The normalized spacial score (nSPS) is 11.3. The second kappa shape index (κ2) is 6.70. The lowest BCUT2D eigenvalue weighted by molar-refractivity contribution is 0.518. The van der Waals surface area contributed by atoms with E-state index in [0.29, 0.717) is 12.5 Å². The van der Waals surface area contributed by atoms with Crippen LogP contribution in [0.1, 0.15) is 26.5 Å². The molecular weight excluding hydrogens is 302 g/mol. The minimum atomic E-state index is -0.133. The molecule has 6 nitrogen and oxygen atoms in total. The van der Waals surface area contributed by atoms with Gasteiger partial charge in [-0.25, -0.2) is 4.98 Å². The second-order valence-corrected chi connectivity index (χ2v) is 6.51. The Labute approximate surface area is 141 Å². The quantitative estimate of drug-likeness (QED) is 0.740. The topological polar surface area (TPSA) is 75.9 Å². The molecule has 0 amide bonds. The molecule has 24 heavy (non-hydrogen) atoms. The molecule has 0 spiro atoms. The smallest absolute Gasteiger partial charge is 0.225 e. The van der Waals surface area contributed by atoms with Gasteiger partial charge in [0.25, 0.3) is 0 Å². The Hall–Kier alpha value is -2.89. The minimum Gasteiger partial charge on any atom is -0.467 e. The number of nitrogens with one attached hydrogen (secondary N) is 2. The van der Waals surface area contributed by atoms with Gasteiger partial charge in [-0.3, -0.25) is 4.98 Å². The summed E-state index contributed by atoms with van der Waals surface area (Å²) in [5, 5.41) is 6.60. The molecule has 3 heterocycles. The van der Waals surface area contributed by atoms with E-state index in [-0.39, 0.29) is 5.54 Å². The first kappa shape index (κ1) is 16.0. The van der Waals surface area contributed by atoms with Crippen molar-refractivity contribution in [1.82, 2.24) is 15.0 Å². The molecular formula is C18H21N5O. The number of hydrogen-bond donors (Lipinski definition) is 2. The van der Waals surface area contributed by atoms with Gasteiger partial charge >= 0.3 is 0 Å². The monoisotopic (exact) mass is 323 g/mol. The molecule has 0 aliphatic heterocycles. The van der Waals surface area contributed by atoms with Gasteiger partial charge in [0.2, 0.25) is 5.95 Å². The Morgan fingerprint density at radius 2 is 2.00 bits per heavy atom. The van der Waals surface area contributed by atoms with Crippen molar-refractivity contribution in [3.05, 3.63) is 54.7 Å². The molecule has 0 saturated carbocycles. The molecule has 0 aromatic carbocycles. The van der Waals surface area contributed by atoms with E-state index < -0.39 is 0 Å². The summed E-state index contributed by atoms with van der Waals surface area (Å²) in [6.45, 7) is 6.78. The SMILES string of the molecule is CC(C)(C)Nc1nc(NCc2ccco2)cc(-c2cccnc2)n1. The Morgan fingerprint density at radius 1 is 1.12 bits per heavy atom. The molecule has 0 aliphatic rings. The molecule has 3 aromatic heterocycles. The molecule has 0 saturated heterocycles. The van der Waals surface area contributed by atoms with E-state index in [9.17, 15) is 0 Å². The van der Waals surface area contributed by atoms with Crippen LogP contribution in [0.2, 0.25) is 0 Å². The van der Waals surface area contributed by atoms with Crippen molar-refractivity contribution in [3.8, 4) is 11.3 Å².